The average Bonchev–Trinajstić information content (AvgIpc) is 2.98. The second-order valence-electron chi connectivity index (χ2n) is 5.15. The van der Waals surface area contributed by atoms with Gasteiger partial charge in [0.2, 0.25) is 0 Å². The standard InChI is InChI=1S/C17H18ClFN2O4/c1-4-24-17(23)13-8-14(15(21-13)16(22)20-3)25-9(2)11-6-5-10(18)7-12(11)19/h5-9,21H,4H2,1-3H3,(H,20,22). The minimum atomic E-state index is -0.716. The van der Waals surface area contributed by atoms with Crippen LogP contribution in [0.15, 0.2) is 24.3 Å². The van der Waals surface area contributed by atoms with E-state index in [2.05, 4.69) is 10.3 Å². The highest BCUT2D eigenvalue weighted by molar-refractivity contribution is 6.30. The smallest absolute Gasteiger partial charge is 0.354 e. The van der Waals surface area contributed by atoms with Gasteiger partial charge in [0, 0.05) is 23.7 Å². The summed E-state index contributed by atoms with van der Waals surface area (Å²) in [6, 6.07) is 5.58. The number of carbonyl (C=O) groups excluding carboxylic acids is 2. The van der Waals surface area contributed by atoms with Crippen LogP contribution >= 0.6 is 11.6 Å². The van der Waals surface area contributed by atoms with E-state index in [1.165, 1.54) is 25.2 Å². The molecule has 134 valence electrons. The minimum absolute atomic E-state index is 0.0479. The van der Waals surface area contributed by atoms with Crippen molar-refractivity contribution < 1.29 is 23.5 Å². The van der Waals surface area contributed by atoms with E-state index in [1.54, 1.807) is 19.9 Å². The summed E-state index contributed by atoms with van der Waals surface area (Å²) < 4.78 is 24.6. The third-order valence-corrected chi connectivity index (χ3v) is 3.67. The van der Waals surface area contributed by atoms with Crippen molar-refractivity contribution in [3.63, 3.8) is 0 Å². The van der Waals surface area contributed by atoms with Crippen molar-refractivity contribution >= 4 is 23.5 Å². The molecule has 1 aromatic carbocycles. The molecule has 0 bridgehead atoms. The van der Waals surface area contributed by atoms with E-state index in [-0.39, 0.29) is 34.3 Å². The number of carbonyl (C=O) groups is 2. The zero-order valence-electron chi connectivity index (χ0n) is 14.0. The number of rotatable bonds is 6. The predicted molar refractivity (Wildman–Crippen MR) is 90.6 cm³/mol. The first kappa shape index (κ1) is 18.8. The fraction of sp³-hybridized carbons (Fsp3) is 0.294. The number of aromatic amines is 1. The molecule has 2 aromatic rings. The predicted octanol–water partition coefficient (Wildman–Crippen LogP) is 3.48. The molecule has 0 saturated carbocycles. The van der Waals surface area contributed by atoms with Crippen molar-refractivity contribution in [1.82, 2.24) is 10.3 Å². The van der Waals surface area contributed by atoms with Crippen LogP contribution in [-0.4, -0.2) is 30.5 Å². The molecule has 1 unspecified atom stereocenters. The molecule has 1 amide bonds. The molecule has 2 rings (SSSR count). The lowest BCUT2D eigenvalue weighted by Gasteiger charge is -2.16. The van der Waals surface area contributed by atoms with Crippen molar-refractivity contribution in [2.75, 3.05) is 13.7 Å². The monoisotopic (exact) mass is 368 g/mol. The molecule has 0 aliphatic carbocycles. The van der Waals surface area contributed by atoms with Gasteiger partial charge in [-0.25, -0.2) is 9.18 Å². The first-order valence-electron chi connectivity index (χ1n) is 7.61. The first-order chi connectivity index (χ1) is 11.9. The lowest BCUT2D eigenvalue weighted by atomic mass is 10.1. The van der Waals surface area contributed by atoms with Crippen LogP contribution in [0, 0.1) is 5.82 Å². The number of benzene rings is 1. The Morgan fingerprint density at radius 1 is 1.36 bits per heavy atom. The number of aromatic nitrogens is 1. The van der Waals surface area contributed by atoms with E-state index >= 15 is 0 Å². The van der Waals surface area contributed by atoms with Crippen LogP contribution in [0.1, 0.15) is 46.5 Å². The first-order valence-corrected chi connectivity index (χ1v) is 7.99. The Kier molecular flexibility index (Phi) is 6.03. The Morgan fingerprint density at radius 2 is 2.08 bits per heavy atom. The normalized spacial score (nSPS) is 11.7. The number of ether oxygens (including phenoxy) is 2. The fourth-order valence-corrected chi connectivity index (χ4v) is 2.38. The summed E-state index contributed by atoms with van der Waals surface area (Å²) in [7, 11) is 1.44. The van der Waals surface area contributed by atoms with E-state index in [4.69, 9.17) is 21.1 Å². The number of nitrogens with one attached hydrogen (secondary N) is 2. The van der Waals surface area contributed by atoms with Crippen LogP contribution in [-0.2, 0) is 4.74 Å². The summed E-state index contributed by atoms with van der Waals surface area (Å²) in [5.74, 6) is -1.51. The van der Waals surface area contributed by atoms with E-state index < -0.39 is 23.8 Å². The summed E-state index contributed by atoms with van der Waals surface area (Å²) in [5.41, 5.74) is 0.386. The Morgan fingerprint density at radius 3 is 2.68 bits per heavy atom. The van der Waals surface area contributed by atoms with Crippen LogP contribution in [0.5, 0.6) is 5.75 Å². The number of esters is 1. The fourth-order valence-electron chi connectivity index (χ4n) is 2.23. The van der Waals surface area contributed by atoms with Crippen molar-refractivity contribution in [1.29, 1.82) is 0 Å². The molecule has 0 radical (unpaired) electrons. The van der Waals surface area contributed by atoms with Crippen LogP contribution in [0.25, 0.3) is 0 Å². The number of H-pyrrole nitrogens is 1. The third-order valence-electron chi connectivity index (χ3n) is 3.44. The van der Waals surface area contributed by atoms with E-state index in [1.807, 2.05) is 0 Å². The summed E-state index contributed by atoms with van der Waals surface area (Å²) >= 11 is 5.75. The summed E-state index contributed by atoms with van der Waals surface area (Å²) in [4.78, 5) is 26.5. The van der Waals surface area contributed by atoms with Gasteiger partial charge < -0.3 is 19.8 Å². The highest BCUT2D eigenvalue weighted by atomic mass is 35.5. The average molecular weight is 369 g/mol. The quantitative estimate of drug-likeness (QED) is 0.765. The molecule has 0 spiro atoms. The molecule has 1 atom stereocenters. The van der Waals surface area contributed by atoms with Gasteiger partial charge in [0.05, 0.1) is 6.61 Å². The zero-order chi connectivity index (χ0) is 18.6. The Hall–Kier alpha value is -2.54. The highest BCUT2D eigenvalue weighted by Crippen LogP contribution is 2.29. The zero-order valence-corrected chi connectivity index (χ0v) is 14.7. The third kappa shape index (κ3) is 4.30. The number of hydrogen-bond acceptors (Lipinski definition) is 4. The molecule has 6 nitrogen and oxygen atoms in total. The largest absolute Gasteiger partial charge is 0.483 e. The van der Waals surface area contributed by atoms with Gasteiger partial charge in [-0.05, 0) is 26.0 Å². The van der Waals surface area contributed by atoms with Crippen molar-refractivity contribution in [2.45, 2.75) is 20.0 Å². The van der Waals surface area contributed by atoms with Gasteiger partial charge in [-0.15, -0.1) is 0 Å². The lowest BCUT2D eigenvalue weighted by Crippen LogP contribution is -2.20. The van der Waals surface area contributed by atoms with Crippen molar-refractivity contribution in [2.24, 2.45) is 0 Å². The molecule has 1 heterocycles. The van der Waals surface area contributed by atoms with Gasteiger partial charge in [0.15, 0.2) is 5.75 Å². The van der Waals surface area contributed by atoms with Gasteiger partial charge in [0.1, 0.15) is 23.3 Å². The van der Waals surface area contributed by atoms with Crippen LogP contribution in [0.2, 0.25) is 5.02 Å². The van der Waals surface area contributed by atoms with Crippen LogP contribution in [0.4, 0.5) is 4.39 Å². The second-order valence-corrected chi connectivity index (χ2v) is 5.58. The minimum Gasteiger partial charge on any atom is -0.483 e. The number of hydrogen-bond donors (Lipinski definition) is 2. The Balaban J connectivity index is 2.33. The SMILES string of the molecule is CCOC(=O)c1cc(OC(C)c2ccc(Cl)cc2F)c(C(=O)NC)[nH]1. The summed E-state index contributed by atoms with van der Waals surface area (Å²) in [6.45, 7) is 3.48. The molecule has 1 aromatic heterocycles. The van der Waals surface area contributed by atoms with Crippen molar-refractivity contribution in [3.8, 4) is 5.75 Å². The molecular weight excluding hydrogens is 351 g/mol. The Labute approximate surface area is 149 Å². The maximum Gasteiger partial charge on any atom is 0.354 e. The van der Waals surface area contributed by atoms with Gasteiger partial charge in [-0.1, -0.05) is 17.7 Å². The van der Waals surface area contributed by atoms with E-state index in [0.717, 1.165) is 0 Å². The van der Waals surface area contributed by atoms with Gasteiger partial charge in [0.25, 0.3) is 5.91 Å². The highest BCUT2D eigenvalue weighted by Gasteiger charge is 2.23. The molecule has 0 fully saturated rings. The van der Waals surface area contributed by atoms with E-state index in [0.29, 0.717) is 0 Å². The van der Waals surface area contributed by atoms with Crippen LogP contribution < -0.4 is 10.1 Å². The molecule has 25 heavy (non-hydrogen) atoms. The maximum atomic E-state index is 14.0. The molecular formula is C17H18ClFN2O4. The lowest BCUT2D eigenvalue weighted by molar-refractivity contribution is 0.0520. The van der Waals surface area contributed by atoms with E-state index in [9.17, 15) is 14.0 Å². The molecule has 0 aliphatic rings. The molecule has 2 N–H and O–H groups in total. The topological polar surface area (TPSA) is 80.4 Å². The van der Waals surface area contributed by atoms with Gasteiger partial charge in [-0.2, -0.15) is 0 Å². The summed E-state index contributed by atoms with van der Waals surface area (Å²) in [5, 5.41) is 2.71. The summed E-state index contributed by atoms with van der Waals surface area (Å²) in [6.07, 6.45) is -0.716. The maximum absolute atomic E-state index is 14.0. The molecule has 8 heteroatoms. The Bertz CT molecular complexity index is 791. The van der Waals surface area contributed by atoms with Crippen molar-refractivity contribution in [3.05, 3.63) is 52.1 Å². The van der Waals surface area contributed by atoms with Gasteiger partial charge >= 0.3 is 5.97 Å². The van der Waals surface area contributed by atoms with Crippen LogP contribution in [0.3, 0.4) is 0 Å². The molecule has 0 aliphatic heterocycles. The molecule has 0 saturated heterocycles. The number of amides is 1. The second kappa shape index (κ2) is 8.02. The number of halogens is 2. The van der Waals surface area contributed by atoms with Gasteiger partial charge in [-0.3, -0.25) is 4.79 Å².